The Morgan fingerprint density at radius 2 is 1.65 bits per heavy atom. The maximum Gasteiger partial charge on any atom is 0.410 e. The van der Waals surface area contributed by atoms with Crippen molar-refractivity contribution in [2.75, 3.05) is 19.7 Å². The van der Waals surface area contributed by atoms with Gasteiger partial charge in [-0.1, -0.05) is 60.7 Å². The molecule has 2 atom stereocenters. The maximum atomic E-state index is 12.2. The minimum atomic E-state index is -0.578. The van der Waals surface area contributed by atoms with Gasteiger partial charge in [-0.05, 0) is 17.5 Å². The van der Waals surface area contributed by atoms with E-state index in [4.69, 9.17) is 9.47 Å². The number of amides is 1. The van der Waals surface area contributed by atoms with Crippen molar-refractivity contribution in [2.24, 2.45) is 5.92 Å². The average Bonchev–Trinajstić information content (AvgIpc) is 3.18. The molecule has 0 aromatic heterocycles. The van der Waals surface area contributed by atoms with Crippen molar-refractivity contribution in [3.05, 3.63) is 71.8 Å². The topological polar surface area (TPSA) is 59.0 Å². The first-order chi connectivity index (χ1) is 12.7. The van der Waals surface area contributed by atoms with Crippen LogP contribution in [0.25, 0.3) is 0 Å². The van der Waals surface area contributed by atoms with Gasteiger partial charge in [0.05, 0.1) is 19.3 Å². The largest absolute Gasteiger partial charge is 0.445 e. The van der Waals surface area contributed by atoms with Crippen LogP contribution >= 0.6 is 0 Å². The molecule has 2 aromatic carbocycles. The lowest BCUT2D eigenvalue weighted by Crippen LogP contribution is -2.32. The lowest BCUT2D eigenvalue weighted by atomic mass is 10.0. The van der Waals surface area contributed by atoms with Gasteiger partial charge in [0.1, 0.15) is 6.61 Å². The minimum Gasteiger partial charge on any atom is -0.445 e. The monoisotopic (exact) mass is 355 g/mol. The van der Waals surface area contributed by atoms with Crippen LogP contribution in [0.15, 0.2) is 60.7 Å². The number of ether oxygens (including phenoxy) is 2. The summed E-state index contributed by atoms with van der Waals surface area (Å²) in [6, 6.07) is 19.5. The minimum absolute atomic E-state index is 0.0232. The Hall–Kier alpha value is -2.37. The molecule has 1 N–H and O–H groups in total. The van der Waals surface area contributed by atoms with Crippen molar-refractivity contribution in [2.45, 2.75) is 25.7 Å². The van der Waals surface area contributed by atoms with Crippen LogP contribution in [0.3, 0.4) is 0 Å². The summed E-state index contributed by atoms with van der Waals surface area (Å²) in [5, 5.41) is 10.3. The zero-order valence-electron chi connectivity index (χ0n) is 14.8. The molecule has 2 aromatic rings. The van der Waals surface area contributed by atoms with Gasteiger partial charge >= 0.3 is 6.09 Å². The zero-order valence-corrected chi connectivity index (χ0v) is 14.8. The summed E-state index contributed by atoms with van der Waals surface area (Å²) in [5.74, 6) is 0.0232. The van der Waals surface area contributed by atoms with Gasteiger partial charge in [-0.15, -0.1) is 0 Å². The molecule has 1 fully saturated rings. The summed E-state index contributed by atoms with van der Waals surface area (Å²) < 4.78 is 11.0. The summed E-state index contributed by atoms with van der Waals surface area (Å²) in [5.41, 5.74) is 2.04. The molecule has 5 nitrogen and oxygen atoms in total. The standard InChI is InChI=1S/C21H25NO4/c23-20(16-25-14-17-7-3-1-4-8-17)19-11-12-22(13-19)21(24)26-15-18-9-5-2-6-10-18/h1-10,19-20,23H,11-16H2. The number of aliphatic hydroxyl groups is 1. The molecule has 1 saturated heterocycles. The van der Waals surface area contributed by atoms with Gasteiger partial charge in [-0.3, -0.25) is 0 Å². The Morgan fingerprint density at radius 3 is 2.31 bits per heavy atom. The molecule has 5 heteroatoms. The van der Waals surface area contributed by atoms with Crippen LogP contribution in [0.2, 0.25) is 0 Å². The van der Waals surface area contributed by atoms with Crippen molar-refractivity contribution >= 4 is 6.09 Å². The van der Waals surface area contributed by atoms with Gasteiger partial charge in [0.25, 0.3) is 0 Å². The Bertz CT molecular complexity index is 677. The number of carbonyl (C=O) groups is 1. The molecule has 0 saturated carbocycles. The second-order valence-corrected chi connectivity index (χ2v) is 6.60. The highest BCUT2D eigenvalue weighted by Gasteiger charge is 2.31. The van der Waals surface area contributed by atoms with Crippen LogP contribution in [0.1, 0.15) is 17.5 Å². The molecule has 0 spiro atoms. The lowest BCUT2D eigenvalue weighted by molar-refractivity contribution is 0.0000602. The number of carbonyl (C=O) groups excluding carboxylic acids is 1. The predicted octanol–water partition coefficient (Wildman–Crippen LogP) is 3.22. The van der Waals surface area contributed by atoms with E-state index in [0.717, 1.165) is 17.5 Å². The molecule has 0 bridgehead atoms. The zero-order chi connectivity index (χ0) is 18.2. The second-order valence-electron chi connectivity index (χ2n) is 6.60. The fraction of sp³-hybridized carbons (Fsp3) is 0.381. The van der Waals surface area contributed by atoms with Crippen molar-refractivity contribution in [3.63, 3.8) is 0 Å². The van der Waals surface area contributed by atoms with E-state index in [9.17, 15) is 9.90 Å². The number of aliphatic hydroxyl groups excluding tert-OH is 1. The van der Waals surface area contributed by atoms with E-state index in [1.807, 2.05) is 60.7 Å². The predicted molar refractivity (Wildman–Crippen MR) is 98.4 cm³/mol. The van der Waals surface area contributed by atoms with Crippen LogP contribution in [-0.2, 0) is 22.7 Å². The summed E-state index contributed by atoms with van der Waals surface area (Å²) >= 11 is 0. The smallest absolute Gasteiger partial charge is 0.410 e. The molecule has 138 valence electrons. The normalized spacial score (nSPS) is 17.9. The summed E-state index contributed by atoms with van der Waals surface area (Å²) in [6.07, 6.45) is -0.143. The Balaban J connectivity index is 1.37. The van der Waals surface area contributed by atoms with Crippen molar-refractivity contribution < 1.29 is 19.4 Å². The highest BCUT2D eigenvalue weighted by Crippen LogP contribution is 2.21. The molecule has 1 heterocycles. The maximum absolute atomic E-state index is 12.2. The summed E-state index contributed by atoms with van der Waals surface area (Å²) in [6.45, 7) is 2.13. The third kappa shape index (κ3) is 5.31. The number of likely N-dealkylation sites (tertiary alicyclic amines) is 1. The van der Waals surface area contributed by atoms with Gasteiger partial charge in [0, 0.05) is 19.0 Å². The highest BCUT2D eigenvalue weighted by molar-refractivity contribution is 5.68. The van der Waals surface area contributed by atoms with E-state index in [2.05, 4.69) is 0 Å². The fourth-order valence-corrected chi connectivity index (χ4v) is 3.09. The molecule has 1 aliphatic heterocycles. The number of rotatable bonds is 7. The molecule has 3 rings (SSSR count). The second kappa shape index (κ2) is 9.36. The van der Waals surface area contributed by atoms with Gasteiger partial charge in [0.15, 0.2) is 0 Å². The number of hydrogen-bond acceptors (Lipinski definition) is 4. The third-order valence-electron chi connectivity index (χ3n) is 4.63. The Kier molecular flexibility index (Phi) is 6.63. The number of hydrogen-bond donors (Lipinski definition) is 1. The van der Waals surface area contributed by atoms with Crippen molar-refractivity contribution in [1.82, 2.24) is 4.90 Å². The fourth-order valence-electron chi connectivity index (χ4n) is 3.09. The van der Waals surface area contributed by atoms with E-state index in [-0.39, 0.29) is 25.2 Å². The van der Waals surface area contributed by atoms with E-state index in [1.165, 1.54) is 0 Å². The van der Waals surface area contributed by atoms with Gasteiger partial charge < -0.3 is 19.5 Å². The van der Waals surface area contributed by atoms with Crippen molar-refractivity contribution in [1.29, 1.82) is 0 Å². The first-order valence-electron chi connectivity index (χ1n) is 8.98. The van der Waals surface area contributed by atoms with Gasteiger partial charge in [0.2, 0.25) is 0 Å². The summed E-state index contributed by atoms with van der Waals surface area (Å²) in [4.78, 5) is 13.8. The van der Waals surface area contributed by atoms with E-state index in [0.29, 0.717) is 19.7 Å². The molecule has 0 aliphatic carbocycles. The van der Waals surface area contributed by atoms with Crippen LogP contribution in [0, 0.1) is 5.92 Å². The van der Waals surface area contributed by atoms with E-state index >= 15 is 0 Å². The van der Waals surface area contributed by atoms with Crippen LogP contribution in [-0.4, -0.2) is 41.9 Å². The average molecular weight is 355 g/mol. The third-order valence-corrected chi connectivity index (χ3v) is 4.63. The molecule has 2 unspecified atom stereocenters. The van der Waals surface area contributed by atoms with E-state index < -0.39 is 6.10 Å². The number of benzene rings is 2. The summed E-state index contributed by atoms with van der Waals surface area (Å²) in [7, 11) is 0. The molecule has 1 aliphatic rings. The van der Waals surface area contributed by atoms with Crippen LogP contribution < -0.4 is 0 Å². The molecular weight excluding hydrogens is 330 g/mol. The van der Waals surface area contributed by atoms with Crippen LogP contribution in [0.5, 0.6) is 0 Å². The molecule has 0 radical (unpaired) electrons. The SMILES string of the molecule is O=C(OCc1ccccc1)N1CCC(C(O)COCc2ccccc2)C1. The molecule has 26 heavy (non-hydrogen) atoms. The number of nitrogens with zero attached hydrogens (tertiary/aromatic N) is 1. The Labute approximate surface area is 154 Å². The van der Waals surface area contributed by atoms with Crippen LogP contribution in [0.4, 0.5) is 4.79 Å². The Morgan fingerprint density at radius 1 is 1.04 bits per heavy atom. The van der Waals surface area contributed by atoms with Gasteiger partial charge in [-0.2, -0.15) is 0 Å². The first-order valence-corrected chi connectivity index (χ1v) is 8.98. The highest BCUT2D eigenvalue weighted by atomic mass is 16.6. The quantitative estimate of drug-likeness (QED) is 0.828. The van der Waals surface area contributed by atoms with E-state index in [1.54, 1.807) is 4.90 Å². The molecule has 1 amide bonds. The van der Waals surface area contributed by atoms with Gasteiger partial charge in [-0.25, -0.2) is 4.79 Å². The van der Waals surface area contributed by atoms with Crippen molar-refractivity contribution in [3.8, 4) is 0 Å². The molecular formula is C21H25NO4. The lowest BCUT2D eigenvalue weighted by Gasteiger charge is -2.19. The first kappa shape index (κ1) is 18.4.